The van der Waals surface area contributed by atoms with Gasteiger partial charge in [-0.3, -0.25) is 9.20 Å². The number of carbonyl (C=O) groups is 1. The van der Waals surface area contributed by atoms with Gasteiger partial charge in [0.25, 0.3) is 5.91 Å². The lowest BCUT2D eigenvalue weighted by Gasteiger charge is -2.27. The minimum absolute atomic E-state index is 0.176. The number of carbonyl (C=O) groups excluding carboxylic acids is 1. The molecular formula is C32H33N5O3S. The first-order valence-electron chi connectivity index (χ1n) is 13.8. The van der Waals surface area contributed by atoms with E-state index in [1.807, 2.05) is 49.5 Å². The number of aromatic nitrogens is 3. The minimum Gasteiger partial charge on any atom is -0.490 e. The molecule has 3 heterocycles. The zero-order valence-electron chi connectivity index (χ0n) is 23.2. The second-order valence-corrected chi connectivity index (χ2v) is 11.3. The Morgan fingerprint density at radius 3 is 2.59 bits per heavy atom. The highest BCUT2D eigenvalue weighted by Crippen LogP contribution is 2.48. The average Bonchev–Trinajstić information content (AvgIpc) is 3.73. The number of nitrogens with zero attached hydrogens (tertiary/aromatic N) is 3. The number of anilines is 2. The van der Waals surface area contributed by atoms with Gasteiger partial charge in [0.2, 0.25) is 0 Å². The molecule has 1 aliphatic carbocycles. The molecular weight excluding hydrogens is 534 g/mol. The lowest BCUT2D eigenvalue weighted by Crippen LogP contribution is -2.24. The van der Waals surface area contributed by atoms with E-state index in [9.17, 15) is 4.79 Å². The van der Waals surface area contributed by atoms with Crippen LogP contribution in [0, 0.1) is 6.92 Å². The molecule has 2 aromatic carbocycles. The molecule has 0 aliphatic heterocycles. The second kappa shape index (κ2) is 11.3. The number of benzene rings is 2. The van der Waals surface area contributed by atoms with Crippen LogP contribution in [0.4, 0.5) is 11.4 Å². The maximum absolute atomic E-state index is 12.9. The number of aryl methyl sites for hydroxylation is 1. The summed E-state index contributed by atoms with van der Waals surface area (Å²) < 4.78 is 13.0. The number of hydrogen-bond acceptors (Lipinski definition) is 7. The van der Waals surface area contributed by atoms with Crippen LogP contribution < -0.4 is 15.8 Å². The summed E-state index contributed by atoms with van der Waals surface area (Å²) in [4.78, 5) is 22.9. The molecule has 41 heavy (non-hydrogen) atoms. The average molecular weight is 568 g/mol. The Labute approximate surface area is 243 Å². The Hall–Kier alpha value is -4.21. The molecule has 1 saturated carbocycles. The number of ether oxygens (including phenoxy) is 2. The van der Waals surface area contributed by atoms with Crippen LogP contribution >= 0.6 is 11.3 Å². The molecule has 1 amide bonds. The van der Waals surface area contributed by atoms with Crippen LogP contribution in [-0.4, -0.2) is 40.6 Å². The zero-order chi connectivity index (χ0) is 28.4. The van der Waals surface area contributed by atoms with Crippen molar-refractivity contribution in [1.82, 2.24) is 14.4 Å². The van der Waals surface area contributed by atoms with E-state index < -0.39 is 0 Å². The summed E-state index contributed by atoms with van der Waals surface area (Å²) in [5, 5.41) is 6.15. The van der Waals surface area contributed by atoms with Crippen molar-refractivity contribution < 1.29 is 14.3 Å². The highest BCUT2D eigenvalue weighted by molar-refractivity contribution is 7.10. The highest BCUT2D eigenvalue weighted by atomic mass is 32.1. The number of para-hydroxylation sites is 2. The van der Waals surface area contributed by atoms with Crippen LogP contribution in [0.25, 0.3) is 17.0 Å². The number of imidazole rings is 1. The summed E-state index contributed by atoms with van der Waals surface area (Å²) >= 11 is 1.70. The van der Waals surface area contributed by atoms with Crippen molar-refractivity contribution in [1.29, 1.82) is 0 Å². The molecule has 5 aromatic rings. The van der Waals surface area contributed by atoms with Crippen LogP contribution in [0.3, 0.4) is 0 Å². The Kier molecular flexibility index (Phi) is 7.47. The number of nitrogens with two attached hydrogens (primary N) is 1. The molecule has 3 N–H and O–H groups in total. The Morgan fingerprint density at radius 1 is 1.05 bits per heavy atom. The number of nitrogen functional groups attached to an aromatic ring is 1. The summed E-state index contributed by atoms with van der Waals surface area (Å²) in [6.45, 7) is 3.03. The molecule has 6 rings (SSSR count). The molecule has 8 nitrogen and oxygen atoms in total. The molecule has 3 aromatic heterocycles. The molecule has 210 valence electrons. The topological polar surface area (TPSA) is 104 Å². The molecule has 1 aliphatic rings. The SMILES string of the molecule is COCCOc1ccc2nc(C)c(-c3csc(C4(c5ccc(C(=O)Nc6ccccc6N)cc5)CCCC4)n3)n2c1. The van der Waals surface area contributed by atoms with Crippen molar-refractivity contribution >= 4 is 34.3 Å². The van der Waals surface area contributed by atoms with E-state index in [4.69, 9.17) is 25.2 Å². The number of amides is 1. The fourth-order valence-electron chi connectivity index (χ4n) is 5.73. The number of methoxy groups -OCH3 is 1. The van der Waals surface area contributed by atoms with Gasteiger partial charge in [-0.15, -0.1) is 11.3 Å². The summed E-state index contributed by atoms with van der Waals surface area (Å²) in [6.07, 6.45) is 6.30. The van der Waals surface area contributed by atoms with E-state index in [1.165, 1.54) is 5.56 Å². The Bertz CT molecular complexity index is 1690. The molecule has 9 heteroatoms. The molecule has 0 atom stereocenters. The second-order valence-electron chi connectivity index (χ2n) is 10.4. The third kappa shape index (κ3) is 5.18. The van der Waals surface area contributed by atoms with Crippen LogP contribution in [0.2, 0.25) is 0 Å². The minimum atomic E-state index is -0.180. The van der Waals surface area contributed by atoms with Crippen LogP contribution in [0.5, 0.6) is 5.75 Å². The van der Waals surface area contributed by atoms with Gasteiger partial charge in [-0.1, -0.05) is 37.1 Å². The van der Waals surface area contributed by atoms with E-state index in [-0.39, 0.29) is 11.3 Å². The lowest BCUT2D eigenvalue weighted by molar-refractivity contribution is 0.102. The largest absolute Gasteiger partial charge is 0.490 e. The summed E-state index contributed by atoms with van der Waals surface area (Å²) in [5.74, 6) is 0.579. The van der Waals surface area contributed by atoms with Gasteiger partial charge in [0.1, 0.15) is 28.7 Å². The number of fused-ring (bicyclic) bond motifs is 1. The molecule has 0 radical (unpaired) electrons. The third-order valence-electron chi connectivity index (χ3n) is 7.84. The van der Waals surface area contributed by atoms with Gasteiger partial charge in [0, 0.05) is 23.5 Å². The normalized spacial score (nSPS) is 14.4. The van der Waals surface area contributed by atoms with Crippen LogP contribution in [-0.2, 0) is 10.2 Å². The van der Waals surface area contributed by atoms with Crippen molar-refractivity contribution in [3.05, 3.63) is 94.1 Å². The Balaban J connectivity index is 1.29. The number of pyridine rings is 1. The third-order valence-corrected chi connectivity index (χ3v) is 8.89. The van der Waals surface area contributed by atoms with E-state index >= 15 is 0 Å². The number of thiazole rings is 1. The smallest absolute Gasteiger partial charge is 0.255 e. The molecule has 0 spiro atoms. The van der Waals surface area contributed by atoms with Crippen molar-refractivity contribution in [2.75, 3.05) is 31.4 Å². The summed E-state index contributed by atoms with van der Waals surface area (Å²) in [7, 11) is 1.66. The first kappa shape index (κ1) is 27.0. The number of hydrogen-bond donors (Lipinski definition) is 2. The van der Waals surface area contributed by atoms with Crippen molar-refractivity contribution in [2.24, 2.45) is 0 Å². The van der Waals surface area contributed by atoms with Gasteiger partial charge in [0.05, 0.1) is 35.6 Å². The van der Waals surface area contributed by atoms with Gasteiger partial charge < -0.3 is 20.5 Å². The van der Waals surface area contributed by atoms with Crippen molar-refractivity contribution in [3.63, 3.8) is 0 Å². The molecule has 0 unspecified atom stereocenters. The maximum atomic E-state index is 12.9. The standard InChI is InChI=1S/C32H33N5O3S/c1-21-29(37-19-24(40-18-17-39-2)13-14-28(37)34-21)27-20-41-31(36-27)32(15-5-6-16-32)23-11-9-22(10-12-23)30(38)35-26-8-4-3-7-25(26)33/h3-4,7-14,19-20H,5-6,15-18,33H2,1-2H3,(H,35,38). The summed E-state index contributed by atoms with van der Waals surface area (Å²) in [5.41, 5.74) is 12.4. The zero-order valence-corrected chi connectivity index (χ0v) is 24.0. The van der Waals surface area contributed by atoms with Crippen LogP contribution in [0.1, 0.15) is 52.3 Å². The van der Waals surface area contributed by atoms with Gasteiger partial charge in [-0.05, 0) is 61.7 Å². The fraction of sp³-hybridized carbons (Fsp3) is 0.281. The quantitative estimate of drug-likeness (QED) is 0.156. The van der Waals surface area contributed by atoms with Crippen molar-refractivity contribution in [2.45, 2.75) is 38.0 Å². The molecule has 0 saturated heterocycles. The van der Waals surface area contributed by atoms with E-state index in [0.717, 1.165) is 59.2 Å². The van der Waals surface area contributed by atoms with Gasteiger partial charge in [-0.2, -0.15) is 0 Å². The highest BCUT2D eigenvalue weighted by Gasteiger charge is 2.40. The molecule has 0 bridgehead atoms. The van der Waals surface area contributed by atoms with Gasteiger partial charge in [-0.25, -0.2) is 9.97 Å². The van der Waals surface area contributed by atoms with E-state index in [2.05, 4.69) is 27.2 Å². The molecule has 1 fully saturated rings. The van der Waals surface area contributed by atoms with E-state index in [0.29, 0.717) is 30.2 Å². The van der Waals surface area contributed by atoms with Crippen molar-refractivity contribution in [3.8, 4) is 17.1 Å². The van der Waals surface area contributed by atoms with E-state index in [1.54, 1.807) is 30.6 Å². The predicted octanol–water partition coefficient (Wildman–Crippen LogP) is 6.49. The van der Waals surface area contributed by atoms with Crippen LogP contribution in [0.15, 0.2) is 72.2 Å². The number of rotatable bonds is 9. The first-order chi connectivity index (χ1) is 20.0. The maximum Gasteiger partial charge on any atom is 0.255 e. The monoisotopic (exact) mass is 567 g/mol. The lowest BCUT2D eigenvalue weighted by atomic mass is 9.79. The number of nitrogens with one attached hydrogen (secondary N) is 1. The summed E-state index contributed by atoms with van der Waals surface area (Å²) in [6, 6.07) is 19.1. The first-order valence-corrected chi connectivity index (χ1v) is 14.7. The van der Waals surface area contributed by atoms with Gasteiger partial charge >= 0.3 is 0 Å². The fourth-order valence-corrected chi connectivity index (χ4v) is 6.82. The van der Waals surface area contributed by atoms with Gasteiger partial charge in [0.15, 0.2) is 0 Å². The predicted molar refractivity (Wildman–Crippen MR) is 163 cm³/mol. The Morgan fingerprint density at radius 2 is 1.83 bits per heavy atom.